The van der Waals surface area contributed by atoms with E-state index in [1.165, 1.54) is 17.0 Å². The molecule has 1 aliphatic rings. The van der Waals surface area contributed by atoms with Crippen molar-refractivity contribution in [3.8, 4) is 0 Å². The molecule has 1 fully saturated rings. The van der Waals surface area contributed by atoms with Crippen LogP contribution in [-0.4, -0.2) is 52.4 Å². The largest absolute Gasteiger partial charge is 0.380 e. The molecule has 2 aromatic carbocycles. The summed E-state index contributed by atoms with van der Waals surface area (Å²) in [4.78, 5) is 41.4. The van der Waals surface area contributed by atoms with Gasteiger partial charge in [0.1, 0.15) is 0 Å². The fourth-order valence-electron chi connectivity index (χ4n) is 3.78. The van der Waals surface area contributed by atoms with E-state index in [9.17, 15) is 19.5 Å². The third-order valence-electron chi connectivity index (χ3n) is 5.47. The number of rotatable bonds is 4. The van der Waals surface area contributed by atoms with E-state index in [1.54, 1.807) is 36.4 Å². The van der Waals surface area contributed by atoms with Crippen molar-refractivity contribution < 1.29 is 24.0 Å². The molecule has 2 aromatic heterocycles. The SMILES string of the molecule is Nc1noc2cc(NC(=O)[C@H](O)[C@H]3OCCN(c4ccc5ccc(=O)[nH]c5c4)C3=O)ccc12. The molecule has 2 atom stereocenters. The van der Waals surface area contributed by atoms with Gasteiger partial charge in [0.15, 0.2) is 23.6 Å². The maximum atomic E-state index is 13.1. The molecule has 0 spiro atoms. The van der Waals surface area contributed by atoms with Crippen LogP contribution in [0.25, 0.3) is 21.9 Å². The summed E-state index contributed by atoms with van der Waals surface area (Å²) < 4.78 is 10.5. The molecule has 11 heteroatoms. The average Bonchev–Trinajstić information content (AvgIpc) is 3.18. The first kappa shape index (κ1) is 20.7. The first-order valence-electron chi connectivity index (χ1n) is 10.1. The van der Waals surface area contributed by atoms with Crippen LogP contribution in [0, 0.1) is 0 Å². The molecule has 0 bridgehead atoms. The summed E-state index contributed by atoms with van der Waals surface area (Å²) in [5.41, 5.74) is 7.20. The van der Waals surface area contributed by atoms with E-state index in [1.807, 2.05) is 0 Å². The van der Waals surface area contributed by atoms with Crippen LogP contribution in [0.3, 0.4) is 0 Å². The number of hydrogen-bond donors (Lipinski definition) is 4. The first-order chi connectivity index (χ1) is 15.9. The van der Waals surface area contributed by atoms with Gasteiger partial charge >= 0.3 is 0 Å². The molecule has 1 saturated heterocycles. The van der Waals surface area contributed by atoms with Crippen LogP contribution in [0.2, 0.25) is 0 Å². The number of carbonyl (C=O) groups is 2. The van der Waals surface area contributed by atoms with Gasteiger partial charge in [0.05, 0.1) is 17.5 Å². The lowest BCUT2D eigenvalue weighted by Crippen LogP contribution is -2.55. The average molecular weight is 449 g/mol. The summed E-state index contributed by atoms with van der Waals surface area (Å²) in [6, 6.07) is 13.0. The summed E-state index contributed by atoms with van der Waals surface area (Å²) in [5.74, 6) is -1.16. The minimum absolute atomic E-state index is 0.118. The third-order valence-corrected chi connectivity index (χ3v) is 5.47. The number of amides is 2. The number of aromatic amines is 1. The van der Waals surface area contributed by atoms with Crippen LogP contribution in [0.5, 0.6) is 0 Å². The van der Waals surface area contributed by atoms with Crippen molar-refractivity contribution in [2.24, 2.45) is 0 Å². The number of hydrogen-bond acceptors (Lipinski definition) is 8. The number of aliphatic hydroxyl groups is 1. The number of nitrogens with two attached hydrogens (primary N) is 1. The lowest BCUT2D eigenvalue weighted by Gasteiger charge is -2.34. The van der Waals surface area contributed by atoms with Gasteiger partial charge in [-0.25, -0.2) is 0 Å². The van der Waals surface area contributed by atoms with E-state index in [2.05, 4.69) is 15.5 Å². The monoisotopic (exact) mass is 449 g/mol. The lowest BCUT2D eigenvalue weighted by atomic mass is 10.1. The lowest BCUT2D eigenvalue weighted by molar-refractivity contribution is -0.150. The summed E-state index contributed by atoms with van der Waals surface area (Å²) >= 11 is 0. The van der Waals surface area contributed by atoms with E-state index in [-0.39, 0.29) is 24.5 Å². The Morgan fingerprint density at radius 2 is 2.03 bits per heavy atom. The van der Waals surface area contributed by atoms with E-state index in [0.717, 1.165) is 5.39 Å². The highest BCUT2D eigenvalue weighted by atomic mass is 16.5. The van der Waals surface area contributed by atoms with Gasteiger partial charge in [0, 0.05) is 30.1 Å². The Kier molecular flexibility index (Phi) is 5.04. The summed E-state index contributed by atoms with van der Waals surface area (Å²) in [5, 5.41) is 18.2. The zero-order valence-electron chi connectivity index (χ0n) is 17.1. The molecule has 5 N–H and O–H groups in total. The summed E-state index contributed by atoms with van der Waals surface area (Å²) in [6.45, 7) is 0.350. The van der Waals surface area contributed by atoms with Crippen molar-refractivity contribution in [1.29, 1.82) is 0 Å². The molecular weight excluding hydrogens is 430 g/mol. The first-order valence-corrected chi connectivity index (χ1v) is 10.1. The Morgan fingerprint density at radius 1 is 1.21 bits per heavy atom. The van der Waals surface area contributed by atoms with Gasteiger partial charge < -0.3 is 35.3 Å². The maximum absolute atomic E-state index is 13.1. The van der Waals surface area contributed by atoms with Crippen LogP contribution in [0.4, 0.5) is 17.2 Å². The number of nitrogens with zero attached hydrogens (tertiary/aromatic N) is 2. The second-order valence-electron chi connectivity index (χ2n) is 7.59. The zero-order chi connectivity index (χ0) is 23.1. The molecule has 0 unspecified atom stereocenters. The number of carbonyl (C=O) groups excluding carboxylic acids is 2. The number of pyridine rings is 1. The van der Waals surface area contributed by atoms with Gasteiger partial charge in [-0.3, -0.25) is 14.4 Å². The number of aliphatic hydroxyl groups excluding tert-OH is 1. The number of morpholine rings is 1. The van der Waals surface area contributed by atoms with Crippen molar-refractivity contribution in [2.75, 3.05) is 29.1 Å². The fourth-order valence-corrected chi connectivity index (χ4v) is 3.78. The van der Waals surface area contributed by atoms with E-state index >= 15 is 0 Å². The standard InChI is InChI=1S/C22H19N5O6/c23-20-14-5-3-12(9-16(14)33-26-20)24-21(30)18(29)19-22(31)27(7-8-32-19)13-4-1-11-2-6-17(28)25-15(11)10-13/h1-6,9-10,18-19,29H,7-8H2,(H2,23,26)(H,24,30)(H,25,28)/t18-,19-/m1/s1. The minimum atomic E-state index is -1.75. The summed E-state index contributed by atoms with van der Waals surface area (Å²) in [6.07, 6.45) is -3.15. The molecule has 4 aromatic rings. The van der Waals surface area contributed by atoms with Crippen molar-refractivity contribution >= 4 is 50.9 Å². The molecule has 0 radical (unpaired) electrons. The van der Waals surface area contributed by atoms with Crippen molar-refractivity contribution in [1.82, 2.24) is 10.1 Å². The molecule has 0 saturated carbocycles. The number of nitrogen functional groups attached to an aromatic ring is 1. The summed E-state index contributed by atoms with van der Waals surface area (Å²) in [7, 11) is 0. The van der Waals surface area contributed by atoms with Crippen molar-refractivity contribution in [2.45, 2.75) is 12.2 Å². The zero-order valence-corrected chi connectivity index (χ0v) is 17.1. The number of anilines is 3. The fraction of sp³-hybridized carbons (Fsp3) is 0.182. The van der Waals surface area contributed by atoms with Crippen molar-refractivity contribution in [3.63, 3.8) is 0 Å². The minimum Gasteiger partial charge on any atom is -0.380 e. The molecule has 3 heterocycles. The number of ether oxygens (including phenoxy) is 1. The second kappa shape index (κ2) is 8.04. The quantitative estimate of drug-likeness (QED) is 0.358. The van der Waals surface area contributed by atoms with Gasteiger partial charge in [0.25, 0.3) is 11.8 Å². The molecule has 0 aliphatic carbocycles. The Balaban J connectivity index is 1.34. The third kappa shape index (κ3) is 3.79. The number of H-pyrrole nitrogens is 1. The van der Waals surface area contributed by atoms with Crippen LogP contribution in [-0.2, 0) is 14.3 Å². The second-order valence-corrected chi connectivity index (χ2v) is 7.59. The van der Waals surface area contributed by atoms with Crippen molar-refractivity contribution in [3.05, 3.63) is 58.9 Å². The molecule has 1 aliphatic heterocycles. The topological polar surface area (TPSA) is 164 Å². The highest BCUT2D eigenvalue weighted by Gasteiger charge is 2.39. The van der Waals surface area contributed by atoms with E-state index < -0.39 is 24.0 Å². The van der Waals surface area contributed by atoms with Gasteiger partial charge in [-0.05, 0) is 35.7 Å². The number of fused-ring (bicyclic) bond motifs is 2. The van der Waals surface area contributed by atoms with E-state index in [4.69, 9.17) is 15.0 Å². The van der Waals surface area contributed by atoms with Gasteiger partial charge in [-0.2, -0.15) is 0 Å². The molecule has 2 amide bonds. The molecule has 33 heavy (non-hydrogen) atoms. The molecular formula is C22H19N5O6. The maximum Gasteiger partial charge on any atom is 0.259 e. The molecule has 168 valence electrons. The Labute approximate surface area is 185 Å². The Morgan fingerprint density at radius 3 is 2.88 bits per heavy atom. The van der Waals surface area contributed by atoms with Crippen LogP contribution in [0.15, 0.2) is 57.8 Å². The number of aromatic nitrogens is 2. The predicted molar refractivity (Wildman–Crippen MR) is 120 cm³/mol. The number of benzene rings is 2. The molecule has 11 nitrogen and oxygen atoms in total. The van der Waals surface area contributed by atoms with Gasteiger partial charge in [0.2, 0.25) is 5.56 Å². The van der Waals surface area contributed by atoms with Gasteiger partial charge in [-0.1, -0.05) is 11.2 Å². The smallest absolute Gasteiger partial charge is 0.259 e. The van der Waals surface area contributed by atoms with E-state index in [0.29, 0.717) is 27.9 Å². The van der Waals surface area contributed by atoms with Gasteiger partial charge in [-0.15, -0.1) is 0 Å². The van der Waals surface area contributed by atoms with Crippen LogP contribution >= 0.6 is 0 Å². The normalized spacial score (nSPS) is 17.4. The number of nitrogens with one attached hydrogen (secondary N) is 2. The highest BCUT2D eigenvalue weighted by molar-refractivity contribution is 6.05. The Bertz CT molecular complexity index is 1440. The molecule has 5 rings (SSSR count). The Hall–Kier alpha value is -4.22. The predicted octanol–water partition coefficient (Wildman–Crippen LogP) is 0.983. The van der Waals surface area contributed by atoms with Crippen LogP contribution in [0.1, 0.15) is 0 Å². The highest BCUT2D eigenvalue weighted by Crippen LogP contribution is 2.26. The van der Waals surface area contributed by atoms with Crippen LogP contribution < -0.4 is 21.5 Å².